The number of amides is 2. The molecule has 2 heterocycles. The number of unbranched alkanes of at least 4 members (excludes halogenated alkanes) is 1. The molecule has 2 aromatic carbocycles. The Morgan fingerprint density at radius 2 is 1.86 bits per heavy atom. The van der Waals surface area contributed by atoms with Crippen LogP contribution < -0.4 is 14.8 Å². The zero-order chi connectivity index (χ0) is 20.1. The van der Waals surface area contributed by atoms with Crippen LogP contribution in [0, 0.1) is 0 Å². The molecule has 5 nitrogen and oxygen atoms in total. The highest BCUT2D eigenvalue weighted by molar-refractivity contribution is 5.89. The maximum absolute atomic E-state index is 12.7. The number of likely N-dealkylation sites (tertiary alicyclic amines) is 1. The monoisotopic (exact) mass is 394 g/mol. The Balaban J connectivity index is 1.28. The zero-order valence-corrected chi connectivity index (χ0v) is 17.2. The molecule has 1 spiro atoms. The van der Waals surface area contributed by atoms with Crippen LogP contribution in [0.4, 0.5) is 10.5 Å². The van der Waals surface area contributed by atoms with E-state index in [4.69, 9.17) is 9.47 Å². The molecule has 2 aromatic rings. The Hall–Kier alpha value is -2.69. The summed E-state index contributed by atoms with van der Waals surface area (Å²) in [7, 11) is 0. The summed E-state index contributed by atoms with van der Waals surface area (Å²) in [6, 6.07) is 15.9. The van der Waals surface area contributed by atoms with Crippen molar-refractivity contribution in [3.05, 3.63) is 54.1 Å². The van der Waals surface area contributed by atoms with Gasteiger partial charge in [0.2, 0.25) is 0 Å². The van der Waals surface area contributed by atoms with Crippen molar-refractivity contribution in [2.75, 3.05) is 25.0 Å². The quantitative estimate of drug-likeness (QED) is 0.704. The number of para-hydroxylation sites is 1. The molecule has 2 amide bonds. The number of rotatable bonds is 5. The van der Waals surface area contributed by atoms with Gasteiger partial charge >= 0.3 is 6.03 Å². The number of anilines is 1. The van der Waals surface area contributed by atoms with E-state index >= 15 is 0 Å². The average molecular weight is 395 g/mol. The molecule has 0 atom stereocenters. The molecule has 0 aromatic heterocycles. The van der Waals surface area contributed by atoms with Gasteiger partial charge in [0.1, 0.15) is 17.1 Å². The van der Waals surface area contributed by atoms with Crippen molar-refractivity contribution < 1.29 is 14.3 Å². The summed E-state index contributed by atoms with van der Waals surface area (Å²) in [5.41, 5.74) is 1.96. The Bertz CT molecular complexity index is 826. The Morgan fingerprint density at radius 1 is 1.10 bits per heavy atom. The highest BCUT2D eigenvalue weighted by Gasteiger charge is 2.40. The lowest BCUT2D eigenvalue weighted by Crippen LogP contribution is -2.52. The third-order valence-corrected chi connectivity index (χ3v) is 5.98. The second-order valence-electron chi connectivity index (χ2n) is 8.04. The molecule has 29 heavy (non-hydrogen) atoms. The van der Waals surface area contributed by atoms with Gasteiger partial charge in [-0.15, -0.1) is 0 Å². The predicted molar refractivity (Wildman–Crippen MR) is 115 cm³/mol. The standard InChI is InChI=1S/C24H30N2O3/c1-2-3-18-28-21-10-8-20(9-11-21)25-23(27)26-16-14-24(15-17-26)13-12-19-6-4-5-7-22(19)29-24/h4-11H,2-3,12-18H2,1H3,(H,25,27). The second-order valence-corrected chi connectivity index (χ2v) is 8.04. The summed E-state index contributed by atoms with van der Waals surface area (Å²) in [4.78, 5) is 14.6. The lowest BCUT2D eigenvalue weighted by molar-refractivity contribution is -0.00435. The molecule has 0 saturated carbocycles. The first-order chi connectivity index (χ1) is 14.2. The van der Waals surface area contributed by atoms with Crippen LogP contribution in [0.5, 0.6) is 11.5 Å². The van der Waals surface area contributed by atoms with Crippen molar-refractivity contribution in [1.29, 1.82) is 0 Å². The predicted octanol–water partition coefficient (Wildman–Crippen LogP) is 5.26. The minimum Gasteiger partial charge on any atom is -0.494 e. The summed E-state index contributed by atoms with van der Waals surface area (Å²) >= 11 is 0. The van der Waals surface area contributed by atoms with Gasteiger partial charge in [-0.3, -0.25) is 0 Å². The number of aryl methyl sites for hydroxylation is 1. The van der Waals surface area contributed by atoms with Crippen molar-refractivity contribution in [3.63, 3.8) is 0 Å². The zero-order valence-electron chi connectivity index (χ0n) is 17.2. The molecule has 2 aliphatic heterocycles. The second kappa shape index (κ2) is 8.76. The number of piperidine rings is 1. The fourth-order valence-corrected chi connectivity index (χ4v) is 4.10. The van der Waals surface area contributed by atoms with Gasteiger partial charge in [-0.25, -0.2) is 4.79 Å². The first-order valence-electron chi connectivity index (χ1n) is 10.7. The average Bonchev–Trinajstić information content (AvgIpc) is 2.75. The van der Waals surface area contributed by atoms with Crippen molar-refractivity contribution in [2.45, 2.75) is 51.0 Å². The number of nitrogens with one attached hydrogen (secondary N) is 1. The molecule has 0 aliphatic carbocycles. The molecule has 0 radical (unpaired) electrons. The maximum atomic E-state index is 12.7. The van der Waals surface area contributed by atoms with Gasteiger partial charge in [-0.1, -0.05) is 31.5 Å². The highest BCUT2D eigenvalue weighted by Crippen LogP contribution is 2.39. The van der Waals surface area contributed by atoms with Crippen molar-refractivity contribution in [1.82, 2.24) is 4.90 Å². The molecular formula is C24H30N2O3. The molecule has 0 unspecified atom stereocenters. The van der Waals surface area contributed by atoms with E-state index in [9.17, 15) is 4.79 Å². The fraction of sp³-hybridized carbons (Fsp3) is 0.458. The minimum atomic E-state index is -0.122. The third kappa shape index (κ3) is 4.66. The lowest BCUT2D eigenvalue weighted by atomic mass is 9.83. The summed E-state index contributed by atoms with van der Waals surface area (Å²) in [5, 5.41) is 3.00. The smallest absolute Gasteiger partial charge is 0.321 e. The maximum Gasteiger partial charge on any atom is 0.321 e. The number of benzene rings is 2. The number of nitrogens with zero attached hydrogens (tertiary/aromatic N) is 1. The van der Waals surface area contributed by atoms with Gasteiger partial charge < -0.3 is 19.7 Å². The number of ether oxygens (including phenoxy) is 2. The molecule has 5 heteroatoms. The first kappa shape index (κ1) is 19.6. The Kier molecular flexibility index (Phi) is 5.93. The normalized spacial score (nSPS) is 17.3. The van der Waals surface area contributed by atoms with Crippen LogP contribution >= 0.6 is 0 Å². The van der Waals surface area contributed by atoms with E-state index in [-0.39, 0.29) is 11.6 Å². The van der Waals surface area contributed by atoms with Crippen LogP contribution in [0.25, 0.3) is 0 Å². The van der Waals surface area contributed by atoms with Gasteiger partial charge in [0.15, 0.2) is 0 Å². The summed E-state index contributed by atoms with van der Waals surface area (Å²) in [6.45, 7) is 4.30. The van der Waals surface area contributed by atoms with E-state index in [1.54, 1.807) is 0 Å². The van der Waals surface area contributed by atoms with Gasteiger partial charge in [0.05, 0.1) is 6.61 Å². The SMILES string of the molecule is CCCCOc1ccc(NC(=O)N2CCC3(CCc4ccccc4O3)CC2)cc1. The molecule has 4 rings (SSSR count). The summed E-state index contributed by atoms with van der Waals surface area (Å²) < 4.78 is 12.1. The molecule has 1 saturated heterocycles. The number of urea groups is 1. The van der Waals surface area contributed by atoms with Crippen LogP contribution in [0.3, 0.4) is 0 Å². The van der Waals surface area contributed by atoms with E-state index in [0.29, 0.717) is 13.1 Å². The third-order valence-electron chi connectivity index (χ3n) is 5.98. The highest BCUT2D eigenvalue weighted by atomic mass is 16.5. The fourth-order valence-electron chi connectivity index (χ4n) is 4.10. The van der Waals surface area contributed by atoms with Gasteiger partial charge in [0.25, 0.3) is 0 Å². The van der Waals surface area contributed by atoms with E-state index in [1.807, 2.05) is 35.2 Å². The Labute approximate surface area is 173 Å². The molecule has 1 fully saturated rings. The van der Waals surface area contributed by atoms with Gasteiger partial charge in [0, 0.05) is 31.6 Å². The summed E-state index contributed by atoms with van der Waals surface area (Å²) in [6.07, 6.45) is 5.99. The molecular weight excluding hydrogens is 364 g/mol. The van der Waals surface area contributed by atoms with Crippen molar-refractivity contribution >= 4 is 11.7 Å². The topological polar surface area (TPSA) is 50.8 Å². The van der Waals surface area contributed by atoms with Crippen molar-refractivity contribution in [2.24, 2.45) is 0 Å². The van der Waals surface area contributed by atoms with Crippen LogP contribution in [-0.4, -0.2) is 36.2 Å². The van der Waals surface area contributed by atoms with Gasteiger partial charge in [-0.2, -0.15) is 0 Å². The van der Waals surface area contributed by atoms with Crippen LogP contribution in [0.1, 0.15) is 44.6 Å². The first-order valence-corrected chi connectivity index (χ1v) is 10.7. The molecule has 154 valence electrons. The number of fused-ring (bicyclic) bond motifs is 1. The van der Waals surface area contributed by atoms with E-state index < -0.39 is 0 Å². The lowest BCUT2D eigenvalue weighted by Gasteiger charge is -2.44. The number of carbonyl (C=O) groups excluding carboxylic acids is 1. The van der Waals surface area contributed by atoms with E-state index in [2.05, 4.69) is 30.4 Å². The molecule has 2 aliphatic rings. The molecule has 1 N–H and O–H groups in total. The van der Waals surface area contributed by atoms with Crippen molar-refractivity contribution in [3.8, 4) is 11.5 Å². The minimum absolute atomic E-state index is 0.0456. The summed E-state index contributed by atoms with van der Waals surface area (Å²) in [5.74, 6) is 1.85. The van der Waals surface area contributed by atoms with E-state index in [0.717, 1.165) is 62.3 Å². The Morgan fingerprint density at radius 3 is 2.62 bits per heavy atom. The largest absolute Gasteiger partial charge is 0.494 e. The molecule has 0 bridgehead atoms. The van der Waals surface area contributed by atoms with E-state index in [1.165, 1.54) is 5.56 Å². The number of hydrogen-bond donors (Lipinski definition) is 1. The van der Waals surface area contributed by atoms with Gasteiger partial charge in [-0.05, 0) is 55.2 Å². The number of hydrogen-bond acceptors (Lipinski definition) is 3. The van der Waals surface area contributed by atoms with Crippen LogP contribution in [-0.2, 0) is 6.42 Å². The number of carbonyl (C=O) groups is 1. The van der Waals surface area contributed by atoms with Crippen LogP contribution in [0.15, 0.2) is 48.5 Å². The van der Waals surface area contributed by atoms with Crippen LogP contribution in [0.2, 0.25) is 0 Å².